The minimum Gasteiger partial charge on any atom is -0.483 e. The molecule has 0 spiro atoms. The maximum Gasteiger partial charge on any atom is 0.410 e. The van der Waals surface area contributed by atoms with Crippen LogP contribution in [0.2, 0.25) is 0 Å². The van der Waals surface area contributed by atoms with Crippen molar-refractivity contribution in [3.8, 4) is 0 Å². The lowest BCUT2D eigenvalue weighted by Gasteiger charge is -2.25. The van der Waals surface area contributed by atoms with Crippen LogP contribution in [0.1, 0.15) is 24.8 Å². The molecule has 0 unspecified atom stereocenters. The van der Waals surface area contributed by atoms with Gasteiger partial charge in [0.05, 0.1) is 0 Å². The molecule has 1 saturated heterocycles. The summed E-state index contributed by atoms with van der Waals surface area (Å²) in [4.78, 5) is 21.8. The van der Waals surface area contributed by atoms with Gasteiger partial charge >= 0.3 is 6.09 Å². The van der Waals surface area contributed by atoms with Gasteiger partial charge in [0.25, 0.3) is 6.47 Å². The fourth-order valence-corrected chi connectivity index (χ4v) is 1.89. The maximum atomic E-state index is 11.7. The van der Waals surface area contributed by atoms with E-state index in [1.807, 2.05) is 30.3 Å². The van der Waals surface area contributed by atoms with Crippen molar-refractivity contribution < 1.29 is 19.4 Å². The smallest absolute Gasteiger partial charge is 0.410 e. The van der Waals surface area contributed by atoms with E-state index in [0.29, 0.717) is 6.61 Å². The Labute approximate surface area is 112 Å². The first-order chi connectivity index (χ1) is 9.27. The Bertz CT molecular complexity index is 374. The van der Waals surface area contributed by atoms with Crippen molar-refractivity contribution in [3.05, 3.63) is 35.9 Å². The van der Waals surface area contributed by atoms with Crippen molar-refractivity contribution in [1.29, 1.82) is 0 Å². The Morgan fingerprint density at radius 1 is 1.21 bits per heavy atom. The van der Waals surface area contributed by atoms with Crippen LogP contribution in [0.4, 0.5) is 4.79 Å². The number of benzene rings is 1. The van der Waals surface area contributed by atoms with E-state index in [1.54, 1.807) is 4.90 Å². The summed E-state index contributed by atoms with van der Waals surface area (Å²) < 4.78 is 5.25. The van der Waals surface area contributed by atoms with E-state index in [-0.39, 0.29) is 12.6 Å². The molecule has 0 aromatic heterocycles. The number of hydrogen-bond donors (Lipinski definition) is 1. The lowest BCUT2D eigenvalue weighted by molar-refractivity contribution is -0.122. The molecule has 1 amide bonds. The highest BCUT2D eigenvalue weighted by molar-refractivity contribution is 5.67. The number of carbonyl (C=O) groups excluding carboxylic acids is 1. The van der Waals surface area contributed by atoms with Crippen molar-refractivity contribution in [1.82, 2.24) is 4.90 Å². The van der Waals surface area contributed by atoms with Crippen LogP contribution in [0.5, 0.6) is 0 Å². The van der Waals surface area contributed by atoms with E-state index in [9.17, 15) is 4.79 Å². The molecule has 5 nitrogen and oxygen atoms in total. The van der Waals surface area contributed by atoms with Gasteiger partial charge in [-0.3, -0.25) is 4.79 Å². The van der Waals surface area contributed by atoms with Gasteiger partial charge in [-0.15, -0.1) is 0 Å². The van der Waals surface area contributed by atoms with Gasteiger partial charge in [0.15, 0.2) is 0 Å². The molecule has 19 heavy (non-hydrogen) atoms. The third-order valence-corrected chi connectivity index (χ3v) is 2.82. The molecular formula is C14H19NO4. The third-order valence-electron chi connectivity index (χ3n) is 2.82. The minimum absolute atomic E-state index is 0.177. The van der Waals surface area contributed by atoms with Crippen LogP contribution in [0.25, 0.3) is 0 Å². The zero-order chi connectivity index (χ0) is 13.9. The van der Waals surface area contributed by atoms with Crippen LogP contribution < -0.4 is 0 Å². The zero-order valence-corrected chi connectivity index (χ0v) is 10.8. The molecule has 0 saturated carbocycles. The van der Waals surface area contributed by atoms with Crippen LogP contribution in [0, 0.1) is 0 Å². The summed E-state index contributed by atoms with van der Waals surface area (Å²) in [6.07, 6.45) is 3.24. The molecule has 5 heteroatoms. The Hall–Kier alpha value is -2.04. The predicted molar refractivity (Wildman–Crippen MR) is 70.7 cm³/mol. The molecule has 104 valence electrons. The standard InChI is InChI=1S/C13H17NO2.CH2O2/c15-13(14-9-5-2-6-10-14)16-11-12-7-3-1-4-8-12;2-1-3/h1,3-4,7-8H,2,5-6,9-11H2;1H,(H,2,3). The van der Waals surface area contributed by atoms with Crippen molar-refractivity contribution in [2.45, 2.75) is 25.9 Å². The van der Waals surface area contributed by atoms with Gasteiger partial charge in [-0.05, 0) is 24.8 Å². The number of piperidine rings is 1. The largest absolute Gasteiger partial charge is 0.483 e. The molecule has 2 rings (SSSR count). The van der Waals surface area contributed by atoms with Crippen LogP contribution in [-0.2, 0) is 16.1 Å². The van der Waals surface area contributed by atoms with Crippen molar-refractivity contribution in [2.75, 3.05) is 13.1 Å². The van der Waals surface area contributed by atoms with Crippen molar-refractivity contribution in [2.24, 2.45) is 0 Å². The molecule has 1 aliphatic heterocycles. The molecule has 1 aromatic rings. The molecule has 0 atom stereocenters. The maximum absolute atomic E-state index is 11.7. The summed E-state index contributed by atoms with van der Waals surface area (Å²) in [5.74, 6) is 0. The van der Waals surface area contributed by atoms with Gasteiger partial charge < -0.3 is 14.7 Å². The van der Waals surface area contributed by atoms with Crippen LogP contribution in [0.3, 0.4) is 0 Å². The van der Waals surface area contributed by atoms with Crippen LogP contribution >= 0.6 is 0 Å². The highest BCUT2D eigenvalue weighted by Crippen LogP contribution is 2.11. The van der Waals surface area contributed by atoms with E-state index >= 15 is 0 Å². The van der Waals surface area contributed by atoms with Crippen LogP contribution in [0.15, 0.2) is 30.3 Å². The minimum atomic E-state index is -0.250. The van der Waals surface area contributed by atoms with E-state index in [2.05, 4.69) is 0 Å². The lowest BCUT2D eigenvalue weighted by atomic mass is 10.1. The summed E-state index contributed by atoms with van der Waals surface area (Å²) in [6.45, 7) is 1.80. The quantitative estimate of drug-likeness (QED) is 0.834. The fourth-order valence-electron chi connectivity index (χ4n) is 1.89. The molecule has 0 bridgehead atoms. The number of amides is 1. The second kappa shape index (κ2) is 8.97. The van der Waals surface area contributed by atoms with E-state index in [1.165, 1.54) is 6.42 Å². The van der Waals surface area contributed by atoms with Gasteiger partial charge in [0.1, 0.15) is 6.61 Å². The molecule has 1 N–H and O–H groups in total. The topological polar surface area (TPSA) is 66.8 Å². The predicted octanol–water partition coefficient (Wildman–Crippen LogP) is 2.51. The normalized spacial score (nSPS) is 14.0. The lowest BCUT2D eigenvalue weighted by Crippen LogP contribution is -2.35. The summed E-state index contributed by atoms with van der Waals surface area (Å²) in [5.41, 5.74) is 1.04. The Kier molecular flexibility index (Phi) is 7.09. The number of likely N-dealkylation sites (tertiary alicyclic amines) is 1. The Balaban J connectivity index is 0.000000550. The monoisotopic (exact) mass is 265 g/mol. The number of carboxylic acid groups (broad SMARTS) is 1. The third kappa shape index (κ3) is 5.90. The highest BCUT2D eigenvalue weighted by atomic mass is 16.6. The zero-order valence-electron chi connectivity index (χ0n) is 10.8. The average Bonchev–Trinajstić information content (AvgIpc) is 2.47. The van der Waals surface area contributed by atoms with E-state index in [4.69, 9.17) is 14.6 Å². The van der Waals surface area contributed by atoms with Crippen LogP contribution in [-0.4, -0.2) is 35.7 Å². The van der Waals surface area contributed by atoms with Gasteiger partial charge in [-0.2, -0.15) is 0 Å². The Morgan fingerprint density at radius 2 is 1.79 bits per heavy atom. The summed E-state index contributed by atoms with van der Waals surface area (Å²) in [6, 6.07) is 9.77. The molecule has 0 aliphatic carbocycles. The first-order valence-corrected chi connectivity index (χ1v) is 6.31. The number of nitrogens with zero attached hydrogens (tertiary/aromatic N) is 1. The molecule has 1 fully saturated rings. The number of ether oxygens (including phenoxy) is 1. The van der Waals surface area contributed by atoms with Gasteiger partial charge in [-0.25, -0.2) is 4.79 Å². The Morgan fingerprint density at radius 3 is 2.37 bits per heavy atom. The van der Waals surface area contributed by atoms with Gasteiger partial charge in [0, 0.05) is 13.1 Å². The molecule has 1 heterocycles. The van der Waals surface area contributed by atoms with Gasteiger partial charge in [0.2, 0.25) is 0 Å². The first kappa shape index (κ1) is 15.0. The molecule has 1 aliphatic rings. The first-order valence-electron chi connectivity index (χ1n) is 6.31. The molecule has 1 aromatic carbocycles. The highest BCUT2D eigenvalue weighted by Gasteiger charge is 2.17. The van der Waals surface area contributed by atoms with E-state index < -0.39 is 0 Å². The molecule has 0 radical (unpaired) electrons. The number of carbonyl (C=O) groups is 2. The van der Waals surface area contributed by atoms with Crippen molar-refractivity contribution >= 4 is 12.6 Å². The summed E-state index contributed by atoms with van der Waals surface area (Å²) in [5, 5.41) is 6.89. The second-order valence-electron chi connectivity index (χ2n) is 4.19. The van der Waals surface area contributed by atoms with Gasteiger partial charge in [-0.1, -0.05) is 30.3 Å². The fraction of sp³-hybridized carbons (Fsp3) is 0.429. The second-order valence-corrected chi connectivity index (χ2v) is 4.19. The van der Waals surface area contributed by atoms with Crippen molar-refractivity contribution in [3.63, 3.8) is 0 Å². The number of hydrogen-bond acceptors (Lipinski definition) is 3. The SMILES string of the molecule is O=C(OCc1ccccc1)N1CCCCC1.O=CO. The molecular weight excluding hydrogens is 246 g/mol. The average molecular weight is 265 g/mol. The summed E-state index contributed by atoms with van der Waals surface area (Å²) in [7, 11) is 0. The number of rotatable bonds is 2. The van der Waals surface area contributed by atoms with E-state index in [0.717, 1.165) is 31.5 Å². The summed E-state index contributed by atoms with van der Waals surface area (Å²) >= 11 is 0.